The summed E-state index contributed by atoms with van der Waals surface area (Å²) < 4.78 is 5.35. The van der Waals surface area contributed by atoms with Crippen LogP contribution >= 0.6 is 0 Å². The summed E-state index contributed by atoms with van der Waals surface area (Å²) in [6.07, 6.45) is 2.54. The summed E-state index contributed by atoms with van der Waals surface area (Å²) in [6.45, 7) is 12.6. The van der Waals surface area contributed by atoms with Gasteiger partial charge in [0.25, 0.3) is 0 Å². The molecule has 1 atom stereocenters. The summed E-state index contributed by atoms with van der Waals surface area (Å²) in [5, 5.41) is 3.25. The zero-order valence-electron chi connectivity index (χ0n) is 19.6. The molecule has 1 unspecified atom stereocenters. The Morgan fingerprint density at radius 3 is 2.13 bits per heavy atom. The Labute approximate surface area is 187 Å². The quantitative estimate of drug-likeness (QED) is 0.747. The second kappa shape index (κ2) is 11.0. The van der Waals surface area contributed by atoms with Gasteiger partial charge in [-0.3, -0.25) is 4.79 Å². The maximum atomic E-state index is 13.0. The van der Waals surface area contributed by atoms with Gasteiger partial charge in [-0.2, -0.15) is 0 Å². The number of carbonyl (C=O) groups is 2. The van der Waals surface area contributed by atoms with Gasteiger partial charge in [0.05, 0.1) is 19.3 Å². The van der Waals surface area contributed by atoms with Crippen molar-refractivity contribution in [1.82, 2.24) is 15.1 Å². The lowest BCUT2D eigenvalue weighted by Crippen LogP contribution is -2.50. The molecule has 172 valence electrons. The van der Waals surface area contributed by atoms with Gasteiger partial charge < -0.3 is 19.9 Å². The number of nitrogens with one attached hydrogen (secondary N) is 1. The summed E-state index contributed by atoms with van der Waals surface area (Å²) in [6, 6.07) is 8.61. The first-order valence-corrected chi connectivity index (χ1v) is 11.9. The Hall–Kier alpha value is -2.08. The van der Waals surface area contributed by atoms with Crippen LogP contribution in [0.2, 0.25) is 0 Å². The third kappa shape index (κ3) is 6.45. The monoisotopic (exact) mass is 429 g/mol. The number of morpholine rings is 1. The Bertz CT molecular complexity index is 718. The summed E-state index contributed by atoms with van der Waals surface area (Å²) >= 11 is 0. The third-order valence-corrected chi connectivity index (χ3v) is 6.38. The summed E-state index contributed by atoms with van der Waals surface area (Å²) in [4.78, 5) is 29.5. The van der Waals surface area contributed by atoms with Gasteiger partial charge in [0.15, 0.2) is 0 Å². The Kier molecular flexibility index (Phi) is 8.35. The molecule has 2 fully saturated rings. The first-order valence-electron chi connectivity index (χ1n) is 11.9. The number of piperidine rings is 1. The summed E-state index contributed by atoms with van der Waals surface area (Å²) in [7, 11) is 0. The fourth-order valence-electron chi connectivity index (χ4n) is 4.56. The maximum Gasteiger partial charge on any atom is 0.317 e. The first-order chi connectivity index (χ1) is 14.8. The second-order valence-corrected chi connectivity index (χ2v) is 9.71. The lowest BCUT2D eigenvalue weighted by Gasteiger charge is -2.36. The number of hydrogen-bond acceptors (Lipinski definition) is 3. The van der Waals surface area contributed by atoms with Crippen molar-refractivity contribution in [3.05, 3.63) is 35.4 Å². The van der Waals surface area contributed by atoms with E-state index in [1.165, 1.54) is 5.56 Å². The van der Waals surface area contributed by atoms with Gasteiger partial charge in [0.2, 0.25) is 5.91 Å². The second-order valence-electron chi connectivity index (χ2n) is 9.71. The molecule has 2 heterocycles. The van der Waals surface area contributed by atoms with Crippen LogP contribution in [-0.4, -0.2) is 61.1 Å². The molecule has 1 aromatic carbocycles. The SMILES string of the molecule is CC(C)Cc1ccc(C(NC(=O)N2CCC(C(=O)N3CCOCC3)CC2)C(C)C)cc1. The smallest absolute Gasteiger partial charge is 0.317 e. The van der Waals surface area contributed by atoms with E-state index in [1.807, 2.05) is 9.80 Å². The molecular weight excluding hydrogens is 390 g/mol. The van der Waals surface area contributed by atoms with Crippen molar-refractivity contribution >= 4 is 11.9 Å². The van der Waals surface area contributed by atoms with E-state index < -0.39 is 0 Å². The molecule has 31 heavy (non-hydrogen) atoms. The number of urea groups is 1. The molecule has 0 aromatic heterocycles. The minimum absolute atomic E-state index is 0.0201. The van der Waals surface area contributed by atoms with Crippen molar-refractivity contribution in [3.63, 3.8) is 0 Å². The van der Waals surface area contributed by atoms with E-state index in [2.05, 4.69) is 57.3 Å². The fraction of sp³-hybridized carbons (Fsp3) is 0.680. The average molecular weight is 430 g/mol. The van der Waals surface area contributed by atoms with E-state index >= 15 is 0 Å². The van der Waals surface area contributed by atoms with Crippen molar-refractivity contribution in [3.8, 4) is 0 Å². The molecule has 3 rings (SSSR count). The molecule has 2 aliphatic rings. The van der Waals surface area contributed by atoms with Crippen LogP contribution in [0.4, 0.5) is 4.79 Å². The van der Waals surface area contributed by atoms with Crippen molar-refractivity contribution in [2.75, 3.05) is 39.4 Å². The highest BCUT2D eigenvalue weighted by molar-refractivity contribution is 5.80. The molecule has 0 spiro atoms. The molecule has 0 bridgehead atoms. The molecule has 6 nitrogen and oxygen atoms in total. The number of rotatable bonds is 6. The van der Waals surface area contributed by atoms with Gasteiger partial charge >= 0.3 is 6.03 Å². The van der Waals surface area contributed by atoms with Crippen LogP contribution in [0.1, 0.15) is 57.7 Å². The average Bonchev–Trinajstić information content (AvgIpc) is 2.77. The Balaban J connectivity index is 1.54. The maximum absolute atomic E-state index is 13.0. The van der Waals surface area contributed by atoms with Crippen molar-refractivity contribution in [2.24, 2.45) is 17.8 Å². The summed E-state index contributed by atoms with van der Waals surface area (Å²) in [5.74, 6) is 1.17. The van der Waals surface area contributed by atoms with E-state index in [4.69, 9.17) is 4.74 Å². The minimum atomic E-state index is -0.0257. The van der Waals surface area contributed by atoms with Crippen LogP contribution in [0.15, 0.2) is 24.3 Å². The van der Waals surface area contributed by atoms with E-state index in [0.717, 1.165) is 24.8 Å². The predicted molar refractivity (Wildman–Crippen MR) is 123 cm³/mol. The van der Waals surface area contributed by atoms with Crippen molar-refractivity contribution < 1.29 is 14.3 Å². The van der Waals surface area contributed by atoms with Gasteiger partial charge in [-0.15, -0.1) is 0 Å². The molecule has 0 aliphatic carbocycles. The van der Waals surface area contributed by atoms with Crippen molar-refractivity contribution in [2.45, 2.75) is 53.0 Å². The number of carbonyl (C=O) groups excluding carboxylic acids is 2. The molecule has 1 aromatic rings. The van der Waals surface area contributed by atoms with E-state index in [9.17, 15) is 9.59 Å². The largest absolute Gasteiger partial charge is 0.378 e. The molecular formula is C25H39N3O3. The molecule has 1 N–H and O–H groups in total. The zero-order valence-corrected chi connectivity index (χ0v) is 19.6. The number of hydrogen-bond donors (Lipinski definition) is 1. The fourth-order valence-corrected chi connectivity index (χ4v) is 4.56. The van der Waals surface area contributed by atoms with Crippen molar-refractivity contribution in [1.29, 1.82) is 0 Å². The van der Waals surface area contributed by atoms with Gasteiger partial charge in [0.1, 0.15) is 0 Å². The Morgan fingerprint density at radius 2 is 1.58 bits per heavy atom. The summed E-state index contributed by atoms with van der Waals surface area (Å²) in [5.41, 5.74) is 2.48. The molecule has 6 heteroatoms. The van der Waals surface area contributed by atoms with Crippen LogP contribution in [0.3, 0.4) is 0 Å². The lowest BCUT2D eigenvalue weighted by molar-refractivity contribution is -0.141. The molecule has 3 amide bonds. The topological polar surface area (TPSA) is 61.9 Å². The van der Waals surface area contributed by atoms with E-state index in [1.54, 1.807) is 0 Å². The number of nitrogens with zero attached hydrogens (tertiary/aromatic N) is 2. The number of ether oxygens (including phenoxy) is 1. The van der Waals surface area contributed by atoms with Crippen LogP contribution in [0, 0.1) is 17.8 Å². The van der Waals surface area contributed by atoms with Crippen LogP contribution in [0.5, 0.6) is 0 Å². The number of amides is 3. The Morgan fingerprint density at radius 1 is 0.968 bits per heavy atom. The van der Waals surface area contributed by atoms with Crippen LogP contribution in [0.25, 0.3) is 0 Å². The third-order valence-electron chi connectivity index (χ3n) is 6.38. The van der Waals surface area contributed by atoms with Crippen LogP contribution in [-0.2, 0) is 16.0 Å². The number of benzene rings is 1. The zero-order chi connectivity index (χ0) is 22.4. The van der Waals surface area contributed by atoms with E-state index in [0.29, 0.717) is 51.2 Å². The molecule has 2 saturated heterocycles. The highest BCUT2D eigenvalue weighted by Crippen LogP contribution is 2.25. The van der Waals surface area contributed by atoms with Gasteiger partial charge in [0, 0.05) is 32.1 Å². The highest BCUT2D eigenvalue weighted by Gasteiger charge is 2.31. The molecule has 0 radical (unpaired) electrons. The normalized spacial score (nSPS) is 19.0. The highest BCUT2D eigenvalue weighted by atomic mass is 16.5. The van der Waals surface area contributed by atoms with Gasteiger partial charge in [-0.05, 0) is 42.2 Å². The minimum Gasteiger partial charge on any atom is -0.378 e. The van der Waals surface area contributed by atoms with Gasteiger partial charge in [-0.25, -0.2) is 4.79 Å². The standard InChI is InChI=1S/C25H39N3O3/c1-18(2)17-20-5-7-21(8-6-20)23(19(3)4)26-25(30)28-11-9-22(10-12-28)24(29)27-13-15-31-16-14-27/h5-8,18-19,22-23H,9-17H2,1-4H3,(H,26,30). The molecule has 0 saturated carbocycles. The van der Waals surface area contributed by atoms with E-state index in [-0.39, 0.29) is 23.9 Å². The first kappa shape index (κ1) is 23.6. The molecule has 2 aliphatic heterocycles. The number of likely N-dealkylation sites (tertiary alicyclic amines) is 1. The van der Waals surface area contributed by atoms with Gasteiger partial charge in [-0.1, -0.05) is 52.0 Å². The lowest BCUT2D eigenvalue weighted by atomic mass is 9.93. The predicted octanol–water partition coefficient (Wildman–Crippen LogP) is 3.86. The van der Waals surface area contributed by atoms with Crippen LogP contribution < -0.4 is 5.32 Å².